The minimum atomic E-state index is 0.591. The van der Waals surface area contributed by atoms with Gasteiger partial charge in [-0.05, 0) is 30.7 Å². The fourth-order valence-electron chi connectivity index (χ4n) is 2.66. The third kappa shape index (κ3) is 4.76. The molecule has 0 unspecified atom stereocenters. The van der Waals surface area contributed by atoms with Crippen LogP contribution in [0.5, 0.6) is 0 Å². The molecular weight excluding hydrogens is 310 g/mol. The van der Waals surface area contributed by atoms with E-state index in [0.29, 0.717) is 6.54 Å². The number of aliphatic imine (C=N–C) groups is 1. The van der Waals surface area contributed by atoms with Crippen LogP contribution in [-0.4, -0.2) is 29.0 Å². The van der Waals surface area contributed by atoms with Crippen LogP contribution in [-0.2, 0) is 13.0 Å². The molecule has 3 aromatic rings. The molecule has 5 nitrogen and oxygen atoms in total. The van der Waals surface area contributed by atoms with Crippen LogP contribution in [0, 0.1) is 0 Å². The van der Waals surface area contributed by atoms with Gasteiger partial charge < -0.3 is 10.6 Å². The fraction of sp³-hybridized carbons (Fsp3) is 0.250. The number of guanidine groups is 1. The van der Waals surface area contributed by atoms with Gasteiger partial charge in [-0.15, -0.1) is 0 Å². The number of rotatable bonds is 6. The smallest absolute Gasteiger partial charge is 0.191 e. The molecule has 2 N–H and O–H groups in total. The third-order valence-electron chi connectivity index (χ3n) is 3.87. The Morgan fingerprint density at radius 1 is 0.960 bits per heavy atom. The van der Waals surface area contributed by atoms with Gasteiger partial charge in [0.25, 0.3) is 0 Å². The number of pyridine rings is 2. The van der Waals surface area contributed by atoms with Crippen molar-refractivity contribution in [2.24, 2.45) is 4.99 Å². The maximum Gasteiger partial charge on any atom is 0.191 e. The molecule has 0 aliphatic heterocycles. The zero-order valence-electron chi connectivity index (χ0n) is 14.4. The predicted octanol–water partition coefficient (Wildman–Crippen LogP) is 2.93. The molecule has 0 atom stereocenters. The van der Waals surface area contributed by atoms with Crippen molar-refractivity contribution >= 4 is 16.9 Å². The number of nitrogens with zero attached hydrogens (tertiary/aromatic N) is 3. The van der Waals surface area contributed by atoms with Gasteiger partial charge in [-0.25, -0.2) is 4.99 Å². The van der Waals surface area contributed by atoms with Gasteiger partial charge in [-0.3, -0.25) is 9.97 Å². The Labute approximate surface area is 148 Å². The van der Waals surface area contributed by atoms with Crippen LogP contribution in [0.15, 0.2) is 65.9 Å². The summed E-state index contributed by atoms with van der Waals surface area (Å²) < 4.78 is 0. The van der Waals surface area contributed by atoms with E-state index in [1.165, 1.54) is 0 Å². The van der Waals surface area contributed by atoms with E-state index >= 15 is 0 Å². The number of aromatic nitrogens is 2. The van der Waals surface area contributed by atoms with E-state index in [1.807, 2.05) is 36.7 Å². The lowest BCUT2D eigenvalue weighted by molar-refractivity contribution is 0.788. The van der Waals surface area contributed by atoms with Crippen molar-refractivity contribution in [3.05, 3.63) is 72.2 Å². The van der Waals surface area contributed by atoms with Crippen molar-refractivity contribution in [2.45, 2.75) is 19.9 Å². The zero-order chi connectivity index (χ0) is 17.3. The Morgan fingerprint density at radius 3 is 2.68 bits per heavy atom. The summed E-state index contributed by atoms with van der Waals surface area (Å²) in [4.78, 5) is 13.5. The molecule has 0 fully saturated rings. The van der Waals surface area contributed by atoms with Crippen molar-refractivity contribution in [2.75, 3.05) is 13.1 Å². The quantitative estimate of drug-likeness (QED) is 0.538. The van der Waals surface area contributed by atoms with Gasteiger partial charge in [0.1, 0.15) is 0 Å². The largest absolute Gasteiger partial charge is 0.357 e. The topological polar surface area (TPSA) is 62.2 Å². The van der Waals surface area contributed by atoms with E-state index in [-0.39, 0.29) is 0 Å². The molecule has 2 heterocycles. The highest BCUT2D eigenvalue weighted by molar-refractivity contribution is 5.83. The molecule has 128 valence electrons. The van der Waals surface area contributed by atoms with Crippen LogP contribution >= 0.6 is 0 Å². The minimum absolute atomic E-state index is 0.591. The van der Waals surface area contributed by atoms with Gasteiger partial charge in [-0.2, -0.15) is 0 Å². The predicted molar refractivity (Wildman–Crippen MR) is 103 cm³/mol. The van der Waals surface area contributed by atoms with Crippen molar-refractivity contribution in [3.63, 3.8) is 0 Å². The van der Waals surface area contributed by atoms with Crippen LogP contribution in [0.3, 0.4) is 0 Å². The molecule has 0 saturated heterocycles. The first-order valence-electron chi connectivity index (χ1n) is 8.61. The van der Waals surface area contributed by atoms with Crippen molar-refractivity contribution in [1.82, 2.24) is 20.6 Å². The monoisotopic (exact) mass is 333 g/mol. The molecule has 0 spiro atoms. The number of hydrogen-bond donors (Lipinski definition) is 2. The molecule has 5 heteroatoms. The van der Waals surface area contributed by atoms with Crippen LogP contribution in [0.4, 0.5) is 0 Å². The average Bonchev–Trinajstić information content (AvgIpc) is 2.67. The number of hydrogen-bond acceptors (Lipinski definition) is 3. The maximum absolute atomic E-state index is 4.70. The molecule has 0 aliphatic carbocycles. The van der Waals surface area contributed by atoms with Crippen molar-refractivity contribution in [3.8, 4) is 0 Å². The molecule has 0 bridgehead atoms. The second-order valence-corrected chi connectivity index (χ2v) is 5.69. The van der Waals surface area contributed by atoms with Gasteiger partial charge >= 0.3 is 0 Å². The standard InChI is InChI=1S/C20H23N5/c1-2-21-20(24-14-11-18-10-3-4-12-22-18)25-15-17-8-5-7-16-9-6-13-23-19(16)17/h3-10,12-13H,2,11,14-15H2,1H3,(H2,21,24,25). The van der Waals surface area contributed by atoms with E-state index in [2.05, 4.69) is 51.8 Å². The molecule has 1 aromatic carbocycles. The lowest BCUT2D eigenvalue weighted by atomic mass is 10.1. The molecule has 3 rings (SSSR count). The van der Waals surface area contributed by atoms with Crippen LogP contribution in [0.1, 0.15) is 18.2 Å². The van der Waals surface area contributed by atoms with Gasteiger partial charge in [0.05, 0.1) is 12.1 Å². The highest BCUT2D eigenvalue weighted by atomic mass is 15.2. The van der Waals surface area contributed by atoms with Gasteiger partial charge in [-0.1, -0.05) is 30.3 Å². The van der Waals surface area contributed by atoms with Crippen molar-refractivity contribution in [1.29, 1.82) is 0 Å². The Hall–Kier alpha value is -2.95. The second kappa shape index (κ2) is 8.78. The van der Waals surface area contributed by atoms with Gasteiger partial charge in [0, 0.05) is 43.0 Å². The summed E-state index contributed by atoms with van der Waals surface area (Å²) in [7, 11) is 0. The number of para-hydroxylation sites is 1. The van der Waals surface area contributed by atoms with Gasteiger partial charge in [0.15, 0.2) is 5.96 Å². The molecule has 0 radical (unpaired) electrons. The van der Waals surface area contributed by atoms with Crippen LogP contribution in [0.25, 0.3) is 10.9 Å². The molecule has 0 saturated carbocycles. The Kier molecular flexibility index (Phi) is 5.93. The van der Waals surface area contributed by atoms with Gasteiger partial charge in [0.2, 0.25) is 0 Å². The Balaban J connectivity index is 1.65. The molecule has 25 heavy (non-hydrogen) atoms. The molecule has 0 aliphatic rings. The van der Waals surface area contributed by atoms with Crippen LogP contribution in [0.2, 0.25) is 0 Å². The zero-order valence-corrected chi connectivity index (χ0v) is 14.4. The summed E-state index contributed by atoms with van der Waals surface area (Å²) in [6, 6.07) is 16.2. The van der Waals surface area contributed by atoms with E-state index < -0.39 is 0 Å². The summed E-state index contributed by atoms with van der Waals surface area (Å²) in [6.45, 7) is 4.27. The summed E-state index contributed by atoms with van der Waals surface area (Å²) in [6.07, 6.45) is 4.51. The molecule has 0 amide bonds. The highest BCUT2D eigenvalue weighted by Gasteiger charge is 2.03. The fourth-order valence-corrected chi connectivity index (χ4v) is 2.66. The Bertz CT molecular complexity index is 824. The SMILES string of the molecule is CCNC(=NCc1cccc2cccnc12)NCCc1ccccn1. The molecular formula is C20H23N5. The summed E-state index contributed by atoms with van der Waals surface area (Å²) in [5.74, 6) is 0.811. The Morgan fingerprint density at radius 2 is 1.84 bits per heavy atom. The number of nitrogens with one attached hydrogen (secondary N) is 2. The molecule has 2 aromatic heterocycles. The minimum Gasteiger partial charge on any atom is -0.357 e. The van der Waals surface area contributed by atoms with E-state index in [9.17, 15) is 0 Å². The normalized spacial score (nSPS) is 11.5. The first-order chi connectivity index (χ1) is 12.4. The first kappa shape index (κ1) is 16.9. The summed E-state index contributed by atoms with van der Waals surface area (Å²) in [5, 5.41) is 7.79. The first-order valence-corrected chi connectivity index (χ1v) is 8.61. The average molecular weight is 333 g/mol. The lowest BCUT2D eigenvalue weighted by Crippen LogP contribution is -2.38. The van der Waals surface area contributed by atoms with Crippen LogP contribution < -0.4 is 10.6 Å². The summed E-state index contributed by atoms with van der Waals surface area (Å²) in [5.41, 5.74) is 3.21. The van der Waals surface area contributed by atoms with E-state index in [0.717, 1.165) is 47.6 Å². The summed E-state index contributed by atoms with van der Waals surface area (Å²) >= 11 is 0. The maximum atomic E-state index is 4.70. The van der Waals surface area contributed by atoms with E-state index in [1.54, 1.807) is 0 Å². The number of fused-ring (bicyclic) bond motifs is 1. The lowest BCUT2D eigenvalue weighted by Gasteiger charge is -2.11. The van der Waals surface area contributed by atoms with Crippen molar-refractivity contribution < 1.29 is 0 Å². The van der Waals surface area contributed by atoms with E-state index in [4.69, 9.17) is 4.99 Å². The third-order valence-corrected chi connectivity index (χ3v) is 3.87. The highest BCUT2D eigenvalue weighted by Crippen LogP contribution is 2.16. The number of benzene rings is 1. The second-order valence-electron chi connectivity index (χ2n) is 5.69.